The van der Waals surface area contributed by atoms with E-state index >= 15 is 0 Å². The van der Waals surface area contributed by atoms with Gasteiger partial charge in [-0.25, -0.2) is 0 Å². The fourth-order valence-corrected chi connectivity index (χ4v) is 16.6. The molecule has 99 heavy (non-hydrogen) atoms. The molecule has 14 unspecified atom stereocenters. The molecular weight excluding hydrogens is 1360 g/mol. The van der Waals surface area contributed by atoms with Crippen molar-refractivity contribution in [2.45, 2.75) is 193 Å². The molecule has 0 saturated heterocycles. The summed E-state index contributed by atoms with van der Waals surface area (Å²) in [4.78, 5) is 0. The molecule has 0 heterocycles. The summed E-state index contributed by atoms with van der Waals surface area (Å²) in [5.74, 6) is 3.64. The highest BCUT2D eigenvalue weighted by Crippen LogP contribution is 2.44. The molecule has 0 saturated carbocycles. The van der Waals surface area contributed by atoms with E-state index in [0.717, 1.165) is 54.7 Å². The minimum Gasteiger partial charge on any atom is -0.137 e. The minimum absolute atomic E-state index is 0.678. The second-order valence-corrected chi connectivity index (χ2v) is 26.2. The van der Waals surface area contributed by atoms with Gasteiger partial charge in [0.1, 0.15) is 0 Å². The Balaban J connectivity index is 0.000000665. The van der Waals surface area contributed by atoms with Gasteiger partial charge in [-0.2, -0.15) is 0 Å². The highest BCUT2D eigenvalue weighted by atomic mass is 31.0. The van der Waals surface area contributed by atoms with Crippen LogP contribution in [0.4, 0.5) is 0 Å². The van der Waals surface area contributed by atoms with Crippen molar-refractivity contribution in [2.75, 3.05) is 30.8 Å². The molecule has 9 heteroatoms. The third-order valence-corrected chi connectivity index (χ3v) is 22.2. The Labute approximate surface area is 630 Å². The van der Waals surface area contributed by atoms with Crippen LogP contribution in [0.2, 0.25) is 0 Å². The quantitative estimate of drug-likeness (QED) is 0.0898. The van der Waals surface area contributed by atoms with Crippen molar-refractivity contribution in [3.8, 4) is 66.8 Å². The van der Waals surface area contributed by atoms with Gasteiger partial charge in [-0.15, -0.1) is 83.2 Å². The first kappa shape index (κ1) is 93.9. The van der Waals surface area contributed by atoms with Crippen LogP contribution in [0.1, 0.15) is 204 Å². The van der Waals surface area contributed by atoms with Crippen molar-refractivity contribution in [3.63, 3.8) is 0 Å². The maximum atomic E-state index is 2.96. The van der Waals surface area contributed by atoms with Gasteiger partial charge >= 0.3 is 0 Å². The highest BCUT2D eigenvalue weighted by Gasteiger charge is 2.31. The molecule has 540 valence electrons. The fourth-order valence-electron chi connectivity index (χ4n) is 12.7. The Hall–Kier alpha value is -3.15. The van der Waals surface area contributed by atoms with Crippen LogP contribution < -0.4 is 0 Å². The molecule has 14 atom stereocenters. The minimum atomic E-state index is 0.678. The van der Waals surface area contributed by atoms with Gasteiger partial charge in [0, 0.05) is 0 Å². The van der Waals surface area contributed by atoms with E-state index in [-0.39, 0.29) is 0 Å². The average Bonchev–Trinajstić information content (AvgIpc) is 1.70. The van der Waals surface area contributed by atoms with Crippen molar-refractivity contribution in [2.24, 2.45) is 11.8 Å². The lowest BCUT2D eigenvalue weighted by Gasteiger charge is -2.17. The normalized spacial score (nSPS) is 14.9. The summed E-state index contributed by atoms with van der Waals surface area (Å²) < 4.78 is 0. The van der Waals surface area contributed by atoms with Crippen LogP contribution >= 0.6 is 83.2 Å². The number of hydrogen-bond donors (Lipinski definition) is 0. The molecule has 0 spiro atoms. The monoisotopic (exact) mass is 1490 g/mol. The van der Waals surface area contributed by atoms with Crippen LogP contribution in [-0.4, -0.2) is 30.8 Å². The average molecular weight is 1500 g/mol. The molecule has 0 N–H and O–H groups in total. The zero-order chi connectivity index (χ0) is 74.4. The second kappa shape index (κ2) is 55.4. The van der Waals surface area contributed by atoms with E-state index in [0.29, 0.717) is 11.8 Å². The Bertz CT molecular complexity index is 3520. The van der Waals surface area contributed by atoms with Gasteiger partial charge in [-0.3, -0.25) is 0 Å². The lowest BCUT2D eigenvalue weighted by molar-refractivity contribution is 0.547. The van der Waals surface area contributed by atoms with Crippen molar-refractivity contribution in [3.05, 3.63) is 250 Å². The van der Waals surface area contributed by atoms with Gasteiger partial charge in [0.25, 0.3) is 0 Å². The SMILES string of the molecule is CC.CC.CC.CC.CC.CC.CC.CC.CC.PCc1ccc(-c2ccc(-c3ccc4c(c3)C(CP)C(CP)C4)cc2)cc1.PCc1ccc(-c2ccc(-c3ccc4c(c3)CC(CP)C4CP)cc2)cc1.PCc1ccc(-c2ccc(-c3ccc4c(c3)CCC4CP)cc2)c(CP)c1. The smallest absolute Gasteiger partial charge is 0.00897 e. The first-order valence-corrected chi connectivity index (χ1v) is 45.4. The molecule has 9 aromatic rings. The molecule has 0 amide bonds. The standard InChI is InChI=1S/3C24H27P3.9C2H6/c25-13-16-1-9-23(22(11-16)15-27)18-4-2-17(3-5-18)19-8-10-24-20(12-19)6-7-21(24)14-26;25-13-16-1-3-17(4-2-16)18-5-7-19(8-6-18)20-9-10-21-11-22(14-26)24(15-27)23(21)12-20;25-13-16-1-3-17(4-2-16)18-5-7-19(8-6-18)20-9-10-23-21(11-20)12-22(14-26)24(23)15-27;9*1-2/h1-5,8-12,21H,6-7,13-15,25-27H2;1-10,12,22,24H,11,13-15,25-27H2;1-11,22,24H,12-15,25-27H2;9*1-2H3. The number of rotatable bonds is 15. The van der Waals surface area contributed by atoms with Gasteiger partial charge in [-0.1, -0.05) is 319 Å². The Morgan fingerprint density at radius 1 is 0.253 bits per heavy atom. The van der Waals surface area contributed by atoms with Crippen LogP contribution in [0.5, 0.6) is 0 Å². The van der Waals surface area contributed by atoms with E-state index in [9.17, 15) is 0 Å². The van der Waals surface area contributed by atoms with Crippen molar-refractivity contribution < 1.29 is 0 Å². The van der Waals surface area contributed by atoms with Gasteiger partial charge in [0.2, 0.25) is 0 Å². The first-order chi connectivity index (χ1) is 48.7. The summed E-state index contributed by atoms with van der Waals surface area (Å²) in [5, 5.41) is 0. The Kier molecular flexibility index (Phi) is 52.5. The molecule has 0 aromatic heterocycles. The largest absolute Gasteiger partial charge is 0.137 e. The second-order valence-electron chi connectivity index (χ2n) is 22.2. The fraction of sp³-hybridized carbons (Fsp3) is 0.400. The van der Waals surface area contributed by atoms with Crippen LogP contribution in [0, 0.1) is 11.8 Å². The van der Waals surface area contributed by atoms with Crippen molar-refractivity contribution in [1.82, 2.24) is 0 Å². The molecule has 0 bridgehead atoms. The van der Waals surface area contributed by atoms with E-state index in [1.807, 2.05) is 125 Å². The molecule has 12 rings (SSSR count). The van der Waals surface area contributed by atoms with Gasteiger partial charge in [0.15, 0.2) is 0 Å². The van der Waals surface area contributed by atoms with E-state index < -0.39 is 0 Å². The van der Waals surface area contributed by atoms with Crippen LogP contribution in [0.3, 0.4) is 0 Å². The van der Waals surface area contributed by atoms with Gasteiger partial charge < -0.3 is 0 Å². The van der Waals surface area contributed by atoms with Gasteiger partial charge in [0.05, 0.1) is 0 Å². The summed E-state index contributed by atoms with van der Waals surface area (Å²) in [6.07, 6.45) is 14.8. The molecule has 9 aromatic carbocycles. The molecular formula is C90H135P9. The molecule has 0 aliphatic heterocycles. The Morgan fingerprint density at radius 2 is 0.576 bits per heavy atom. The topological polar surface area (TPSA) is 0 Å². The van der Waals surface area contributed by atoms with Gasteiger partial charge in [-0.05, 0) is 233 Å². The molecule has 3 aliphatic rings. The third kappa shape index (κ3) is 27.1. The van der Waals surface area contributed by atoms with Crippen LogP contribution in [0.15, 0.2) is 194 Å². The molecule has 0 fully saturated rings. The maximum absolute atomic E-state index is 2.96. The predicted octanol–water partition coefficient (Wildman–Crippen LogP) is 28.7. The third-order valence-electron chi connectivity index (χ3n) is 17.6. The Morgan fingerprint density at radius 3 is 0.960 bits per heavy atom. The van der Waals surface area contributed by atoms with E-state index in [1.165, 1.54) is 133 Å². The number of benzene rings is 9. The van der Waals surface area contributed by atoms with E-state index in [4.69, 9.17) is 0 Å². The predicted molar refractivity (Wildman–Crippen MR) is 492 cm³/mol. The molecule has 0 nitrogen and oxygen atoms in total. The van der Waals surface area contributed by atoms with Crippen LogP contribution in [-0.2, 0) is 43.9 Å². The van der Waals surface area contributed by atoms with Crippen molar-refractivity contribution >= 4 is 83.2 Å². The van der Waals surface area contributed by atoms with E-state index in [2.05, 4.69) is 277 Å². The number of hydrogen-bond acceptors (Lipinski definition) is 0. The van der Waals surface area contributed by atoms with E-state index in [1.54, 1.807) is 33.4 Å². The zero-order valence-electron chi connectivity index (χ0n) is 64.8. The van der Waals surface area contributed by atoms with Crippen LogP contribution in [0.25, 0.3) is 66.8 Å². The maximum Gasteiger partial charge on any atom is -0.00897 e. The molecule has 3 aliphatic carbocycles. The summed E-state index contributed by atoms with van der Waals surface area (Å²) >= 11 is 0. The summed E-state index contributed by atoms with van der Waals surface area (Å²) in [5.41, 5.74) is 30.5. The number of aryl methyl sites for hydroxylation is 1. The summed E-state index contributed by atoms with van der Waals surface area (Å²) in [7, 11) is 25.9. The van der Waals surface area contributed by atoms with Crippen molar-refractivity contribution in [1.29, 1.82) is 0 Å². The summed E-state index contributed by atoms with van der Waals surface area (Å²) in [6.45, 7) is 36.0. The first-order valence-electron chi connectivity index (χ1n) is 38.0. The lowest BCUT2D eigenvalue weighted by Crippen LogP contribution is -2.10. The summed E-state index contributed by atoms with van der Waals surface area (Å²) in [6, 6.07) is 72.9. The number of fused-ring (bicyclic) bond motifs is 3. The highest BCUT2D eigenvalue weighted by molar-refractivity contribution is 7.17. The zero-order valence-corrected chi connectivity index (χ0v) is 75.1. The lowest BCUT2D eigenvalue weighted by atomic mass is 9.93. The molecule has 0 radical (unpaired) electrons.